The van der Waals surface area contributed by atoms with Crippen LogP contribution in [-0.4, -0.2) is 52.4 Å². The molecule has 2 saturated heterocycles. The van der Waals surface area contributed by atoms with E-state index in [1.54, 1.807) is 6.20 Å². The van der Waals surface area contributed by atoms with Crippen LogP contribution in [0, 0.1) is 5.41 Å². The van der Waals surface area contributed by atoms with Crippen LogP contribution in [0.1, 0.15) is 45.1 Å². The van der Waals surface area contributed by atoms with Gasteiger partial charge in [-0.2, -0.15) is 0 Å². The van der Waals surface area contributed by atoms with Gasteiger partial charge in [-0.3, -0.25) is 9.78 Å². The lowest BCUT2D eigenvalue weighted by Crippen LogP contribution is -2.56. The maximum absolute atomic E-state index is 12.4. The number of likely N-dealkylation sites (tertiary alicyclic amines) is 2. The van der Waals surface area contributed by atoms with Crippen molar-refractivity contribution in [1.29, 1.82) is 0 Å². The molecule has 2 aliphatic heterocycles. The summed E-state index contributed by atoms with van der Waals surface area (Å²) < 4.78 is 0. The number of aromatic nitrogens is 1. The lowest BCUT2D eigenvalue weighted by molar-refractivity contribution is -0.139. The molecule has 6 nitrogen and oxygen atoms in total. The number of nitrogens with zero attached hydrogens (tertiary/aromatic N) is 3. The first-order valence-electron chi connectivity index (χ1n) is 9.20. The van der Waals surface area contributed by atoms with Crippen LogP contribution >= 0.6 is 0 Å². The van der Waals surface area contributed by atoms with Crippen molar-refractivity contribution in [3.63, 3.8) is 0 Å². The molecule has 1 atom stereocenters. The Balaban J connectivity index is 1.68. The summed E-state index contributed by atoms with van der Waals surface area (Å²) in [5.41, 5.74) is 1.08. The van der Waals surface area contributed by atoms with Gasteiger partial charge in [0.05, 0.1) is 0 Å². The Kier molecular flexibility index (Phi) is 5.25. The van der Waals surface area contributed by atoms with Gasteiger partial charge in [0.2, 0.25) is 5.91 Å². The van der Waals surface area contributed by atoms with E-state index in [1.807, 2.05) is 42.0 Å². The van der Waals surface area contributed by atoms with Crippen molar-refractivity contribution in [2.75, 3.05) is 19.6 Å². The van der Waals surface area contributed by atoms with Crippen LogP contribution < -0.4 is 5.32 Å². The molecule has 0 aliphatic carbocycles. The summed E-state index contributed by atoms with van der Waals surface area (Å²) in [6.07, 6.45) is 7.09. The molecule has 1 spiro atoms. The van der Waals surface area contributed by atoms with Crippen LogP contribution in [0.15, 0.2) is 24.5 Å². The largest absolute Gasteiger partial charge is 0.338 e. The second-order valence-electron chi connectivity index (χ2n) is 7.74. The van der Waals surface area contributed by atoms with E-state index in [4.69, 9.17) is 0 Å². The van der Waals surface area contributed by atoms with Crippen molar-refractivity contribution in [2.45, 2.75) is 52.1 Å². The van der Waals surface area contributed by atoms with Crippen LogP contribution in [0.4, 0.5) is 4.79 Å². The molecule has 136 valence electrons. The van der Waals surface area contributed by atoms with Gasteiger partial charge in [0.15, 0.2) is 0 Å². The second kappa shape index (κ2) is 7.42. The maximum Gasteiger partial charge on any atom is 0.317 e. The number of urea groups is 1. The van der Waals surface area contributed by atoms with E-state index in [2.05, 4.69) is 10.3 Å². The number of piperidine rings is 2. The van der Waals surface area contributed by atoms with Gasteiger partial charge in [0.1, 0.15) is 0 Å². The first-order valence-corrected chi connectivity index (χ1v) is 9.20. The fourth-order valence-electron chi connectivity index (χ4n) is 4.01. The summed E-state index contributed by atoms with van der Waals surface area (Å²) in [4.78, 5) is 32.8. The van der Waals surface area contributed by atoms with Crippen LogP contribution in [0.25, 0.3) is 0 Å². The van der Waals surface area contributed by atoms with Crippen molar-refractivity contribution < 1.29 is 9.59 Å². The van der Waals surface area contributed by atoms with Crippen molar-refractivity contribution in [3.8, 4) is 0 Å². The van der Waals surface area contributed by atoms with E-state index in [1.165, 1.54) is 0 Å². The average molecular weight is 344 g/mol. The van der Waals surface area contributed by atoms with E-state index >= 15 is 0 Å². The highest BCUT2D eigenvalue weighted by Crippen LogP contribution is 2.39. The summed E-state index contributed by atoms with van der Waals surface area (Å²) in [5.74, 6) is 0.207. The number of hydrogen-bond acceptors (Lipinski definition) is 3. The number of nitrogens with one attached hydrogen (secondary N) is 1. The first-order chi connectivity index (χ1) is 12.0. The van der Waals surface area contributed by atoms with E-state index < -0.39 is 0 Å². The summed E-state index contributed by atoms with van der Waals surface area (Å²) in [6, 6.07) is 4.06. The standard InChI is InChI=1S/C19H28N4O2/c1-15(2)21-18(25)22-10-4-7-19(13-22)8-6-17(24)23(14-19)12-16-5-3-9-20-11-16/h3,5,9,11,15H,4,6-8,10,12-14H2,1-2H3,(H,21,25)/t19-/m0/s1. The van der Waals surface area contributed by atoms with Crippen molar-refractivity contribution in [1.82, 2.24) is 20.1 Å². The molecule has 2 aliphatic rings. The molecule has 0 aromatic carbocycles. The molecule has 1 aromatic heterocycles. The van der Waals surface area contributed by atoms with Crippen molar-refractivity contribution >= 4 is 11.9 Å². The average Bonchev–Trinajstić information content (AvgIpc) is 2.59. The van der Waals surface area contributed by atoms with Crippen LogP contribution in [0.2, 0.25) is 0 Å². The van der Waals surface area contributed by atoms with Gasteiger partial charge >= 0.3 is 6.03 Å². The van der Waals surface area contributed by atoms with E-state index in [9.17, 15) is 9.59 Å². The number of carbonyl (C=O) groups excluding carboxylic acids is 2. The molecule has 3 rings (SSSR count). The fraction of sp³-hybridized carbons (Fsp3) is 0.632. The molecule has 25 heavy (non-hydrogen) atoms. The first kappa shape index (κ1) is 17.7. The number of hydrogen-bond donors (Lipinski definition) is 1. The molecule has 0 unspecified atom stereocenters. The molecule has 0 saturated carbocycles. The minimum atomic E-state index is 0.0183. The Labute approximate surface area is 149 Å². The number of rotatable bonds is 3. The van der Waals surface area contributed by atoms with Crippen molar-refractivity contribution in [3.05, 3.63) is 30.1 Å². The number of carbonyl (C=O) groups is 2. The van der Waals surface area contributed by atoms with E-state index in [0.717, 1.165) is 44.5 Å². The fourth-order valence-corrected chi connectivity index (χ4v) is 4.01. The zero-order valence-electron chi connectivity index (χ0n) is 15.2. The highest BCUT2D eigenvalue weighted by Gasteiger charge is 2.42. The van der Waals surface area contributed by atoms with Gasteiger partial charge < -0.3 is 15.1 Å². The van der Waals surface area contributed by atoms with Gasteiger partial charge in [0, 0.05) is 56.5 Å². The zero-order valence-corrected chi connectivity index (χ0v) is 15.2. The molecule has 0 bridgehead atoms. The Morgan fingerprint density at radius 2 is 2.20 bits per heavy atom. The number of pyridine rings is 1. The predicted octanol–water partition coefficient (Wildman–Crippen LogP) is 2.40. The Bertz CT molecular complexity index is 619. The van der Waals surface area contributed by atoms with Gasteiger partial charge in [-0.1, -0.05) is 6.07 Å². The predicted molar refractivity (Wildman–Crippen MR) is 95.8 cm³/mol. The summed E-state index contributed by atoms with van der Waals surface area (Å²) in [5, 5.41) is 2.99. The molecule has 1 aromatic rings. The van der Waals surface area contributed by atoms with Crippen molar-refractivity contribution in [2.24, 2.45) is 5.41 Å². The molecule has 3 amide bonds. The van der Waals surface area contributed by atoms with Gasteiger partial charge in [-0.05, 0) is 44.7 Å². The highest BCUT2D eigenvalue weighted by atomic mass is 16.2. The third-order valence-electron chi connectivity index (χ3n) is 5.21. The topological polar surface area (TPSA) is 65.5 Å². The van der Waals surface area contributed by atoms with Gasteiger partial charge in [0.25, 0.3) is 0 Å². The minimum absolute atomic E-state index is 0.0183. The van der Waals surface area contributed by atoms with Crippen LogP contribution in [0.5, 0.6) is 0 Å². The molecule has 3 heterocycles. The summed E-state index contributed by atoms with van der Waals surface area (Å²) >= 11 is 0. The molecule has 0 radical (unpaired) electrons. The Morgan fingerprint density at radius 1 is 1.36 bits per heavy atom. The number of amides is 3. The zero-order chi connectivity index (χ0) is 17.9. The van der Waals surface area contributed by atoms with Gasteiger partial charge in [-0.15, -0.1) is 0 Å². The molecule has 1 N–H and O–H groups in total. The van der Waals surface area contributed by atoms with Crippen LogP contribution in [-0.2, 0) is 11.3 Å². The maximum atomic E-state index is 12.4. The van der Waals surface area contributed by atoms with Crippen LogP contribution in [0.3, 0.4) is 0 Å². The molecule has 2 fully saturated rings. The molecular weight excluding hydrogens is 316 g/mol. The quantitative estimate of drug-likeness (QED) is 0.916. The highest BCUT2D eigenvalue weighted by molar-refractivity contribution is 5.77. The third kappa shape index (κ3) is 4.30. The second-order valence-corrected chi connectivity index (χ2v) is 7.74. The minimum Gasteiger partial charge on any atom is -0.338 e. The SMILES string of the molecule is CC(C)NC(=O)N1CCC[C@]2(CCC(=O)N(Cc3cccnc3)C2)C1. The van der Waals surface area contributed by atoms with Gasteiger partial charge in [-0.25, -0.2) is 4.79 Å². The molecular formula is C19H28N4O2. The smallest absolute Gasteiger partial charge is 0.317 e. The monoisotopic (exact) mass is 344 g/mol. The lowest BCUT2D eigenvalue weighted by atomic mass is 9.73. The normalized spacial score (nSPS) is 24.0. The lowest BCUT2D eigenvalue weighted by Gasteiger charge is -2.48. The van der Waals surface area contributed by atoms with E-state index in [-0.39, 0.29) is 23.4 Å². The summed E-state index contributed by atoms with van der Waals surface area (Å²) in [7, 11) is 0. The Hall–Kier alpha value is -2.11. The summed E-state index contributed by atoms with van der Waals surface area (Å²) in [6.45, 7) is 6.83. The third-order valence-corrected chi connectivity index (χ3v) is 5.21. The molecule has 6 heteroatoms. The van der Waals surface area contributed by atoms with E-state index in [0.29, 0.717) is 13.0 Å². The Morgan fingerprint density at radius 3 is 2.92 bits per heavy atom.